The molecule has 6 heteroatoms. The Morgan fingerprint density at radius 2 is 1.96 bits per heavy atom. The maximum atomic E-state index is 13.6. The molecule has 0 radical (unpaired) electrons. The second kappa shape index (κ2) is 8.80. The highest BCUT2D eigenvalue weighted by Crippen LogP contribution is 2.60. The molecule has 0 aliphatic heterocycles. The van der Waals surface area contributed by atoms with E-state index in [0.717, 1.165) is 43.3 Å². The Morgan fingerprint density at radius 1 is 1.29 bits per heavy atom. The van der Waals surface area contributed by atoms with Gasteiger partial charge in [0.15, 0.2) is 0 Å². The molecule has 1 saturated carbocycles. The van der Waals surface area contributed by atoms with E-state index >= 15 is 0 Å². The molecule has 1 aliphatic rings. The molecule has 1 aliphatic carbocycles. The van der Waals surface area contributed by atoms with Crippen LogP contribution in [0.25, 0.3) is 0 Å². The fraction of sp³-hybridized carbons (Fsp3) is 0.611. The molecule has 5 nitrogen and oxygen atoms in total. The van der Waals surface area contributed by atoms with Crippen molar-refractivity contribution in [1.29, 1.82) is 0 Å². The van der Waals surface area contributed by atoms with Crippen molar-refractivity contribution in [3.63, 3.8) is 0 Å². The van der Waals surface area contributed by atoms with E-state index < -0.39 is 13.2 Å². The lowest BCUT2D eigenvalue weighted by molar-refractivity contribution is -0.111. The van der Waals surface area contributed by atoms with Crippen LogP contribution in [0.1, 0.15) is 38.2 Å². The molecule has 4 atom stereocenters. The lowest BCUT2D eigenvalue weighted by atomic mass is 9.90. The van der Waals surface area contributed by atoms with Gasteiger partial charge >= 0.3 is 0 Å². The number of rotatable bonds is 8. The first-order chi connectivity index (χ1) is 11.5. The largest absolute Gasteiger partial charge is 0.497 e. The molecule has 0 heterocycles. The van der Waals surface area contributed by atoms with Crippen LogP contribution in [0.2, 0.25) is 0 Å². The second-order valence-corrected chi connectivity index (χ2v) is 9.21. The maximum Gasteiger partial charge on any atom is 0.223 e. The molecule has 2 N–H and O–H groups in total. The third kappa shape index (κ3) is 4.27. The van der Waals surface area contributed by atoms with Gasteiger partial charge in [-0.25, -0.2) is 0 Å². The Morgan fingerprint density at radius 3 is 2.54 bits per heavy atom. The minimum Gasteiger partial charge on any atom is -0.497 e. The van der Waals surface area contributed by atoms with Crippen molar-refractivity contribution >= 4 is 13.7 Å². The summed E-state index contributed by atoms with van der Waals surface area (Å²) in [6, 6.07) is 7.57. The van der Waals surface area contributed by atoms with Crippen molar-refractivity contribution in [2.45, 2.75) is 50.5 Å². The molecule has 134 valence electrons. The van der Waals surface area contributed by atoms with Gasteiger partial charge in [0.2, 0.25) is 7.37 Å². The summed E-state index contributed by atoms with van der Waals surface area (Å²) in [6.07, 6.45) is 4.90. The molecular formula is C18H28NO4P. The second-order valence-electron chi connectivity index (χ2n) is 6.33. The van der Waals surface area contributed by atoms with Crippen molar-refractivity contribution in [3.8, 4) is 5.75 Å². The number of benzene rings is 1. The standard InChI is InChI=1S/C18H28NO4P/c1-3-23-24(21,17-7-5-4-6-15(17)13-20)18(19)12-14-8-10-16(22-2)11-9-14/h8-11,13,15,17-18H,3-7,12,19H2,1-2H3. The molecule has 0 saturated heterocycles. The monoisotopic (exact) mass is 353 g/mol. The minimum absolute atomic E-state index is 0.210. The SMILES string of the molecule is CCOP(=O)(C(N)Cc1ccc(OC)cc1)C1CCCCC1C=O. The van der Waals surface area contributed by atoms with E-state index in [1.54, 1.807) is 7.11 Å². The predicted octanol–water partition coefficient (Wildman–Crippen LogP) is 3.59. The van der Waals surface area contributed by atoms with Crippen LogP contribution in [-0.2, 0) is 20.3 Å². The third-order valence-electron chi connectivity index (χ3n) is 4.82. The normalized spacial score (nSPS) is 24.8. The van der Waals surface area contributed by atoms with Crippen LogP contribution in [0.4, 0.5) is 0 Å². The van der Waals surface area contributed by atoms with Gasteiger partial charge in [0, 0.05) is 11.6 Å². The maximum absolute atomic E-state index is 13.6. The zero-order valence-corrected chi connectivity index (χ0v) is 15.4. The molecule has 1 aromatic rings. The Bertz CT molecular complexity index is 575. The molecule has 24 heavy (non-hydrogen) atoms. The van der Waals surface area contributed by atoms with E-state index in [9.17, 15) is 9.36 Å². The number of methoxy groups -OCH3 is 1. The van der Waals surface area contributed by atoms with E-state index in [4.69, 9.17) is 15.0 Å². The smallest absolute Gasteiger partial charge is 0.223 e. The van der Waals surface area contributed by atoms with Crippen LogP contribution in [0, 0.1) is 5.92 Å². The highest BCUT2D eigenvalue weighted by molar-refractivity contribution is 7.60. The van der Waals surface area contributed by atoms with E-state index in [1.165, 1.54) is 0 Å². The van der Waals surface area contributed by atoms with Gasteiger partial charge in [0.25, 0.3) is 0 Å². The van der Waals surface area contributed by atoms with E-state index in [-0.39, 0.29) is 11.6 Å². The zero-order valence-electron chi connectivity index (χ0n) is 14.5. The van der Waals surface area contributed by atoms with Crippen LogP contribution < -0.4 is 10.5 Å². The van der Waals surface area contributed by atoms with Gasteiger partial charge < -0.3 is 19.8 Å². The number of carbonyl (C=O) groups is 1. The average molecular weight is 353 g/mol. The summed E-state index contributed by atoms with van der Waals surface area (Å²) >= 11 is 0. The zero-order chi connectivity index (χ0) is 17.6. The molecule has 4 unspecified atom stereocenters. The molecule has 2 rings (SSSR count). The number of aldehydes is 1. The first-order valence-electron chi connectivity index (χ1n) is 8.63. The minimum atomic E-state index is -3.13. The molecule has 0 amide bonds. The topological polar surface area (TPSA) is 78.6 Å². The predicted molar refractivity (Wildman–Crippen MR) is 95.7 cm³/mol. The van der Waals surface area contributed by atoms with Crippen LogP contribution >= 0.6 is 7.37 Å². The van der Waals surface area contributed by atoms with Crippen LogP contribution in [0.5, 0.6) is 5.75 Å². The summed E-state index contributed by atoms with van der Waals surface area (Å²) in [5.41, 5.74) is 7.09. The van der Waals surface area contributed by atoms with Gasteiger partial charge in [-0.05, 0) is 43.9 Å². The van der Waals surface area contributed by atoms with Gasteiger partial charge in [0.05, 0.1) is 19.5 Å². The number of hydrogen-bond acceptors (Lipinski definition) is 5. The molecule has 0 bridgehead atoms. The van der Waals surface area contributed by atoms with Gasteiger partial charge in [-0.15, -0.1) is 0 Å². The van der Waals surface area contributed by atoms with Gasteiger partial charge in [-0.1, -0.05) is 25.0 Å². The van der Waals surface area contributed by atoms with Crippen molar-refractivity contribution in [2.75, 3.05) is 13.7 Å². The number of carbonyl (C=O) groups excluding carboxylic acids is 1. The molecule has 0 aromatic heterocycles. The summed E-state index contributed by atoms with van der Waals surface area (Å²) in [5.74, 6) is -0.0388. The fourth-order valence-corrected chi connectivity index (χ4v) is 6.55. The Balaban J connectivity index is 2.20. The molecule has 1 aromatic carbocycles. The summed E-state index contributed by atoms with van der Waals surface area (Å²) in [7, 11) is -1.51. The van der Waals surface area contributed by atoms with Crippen LogP contribution in [-0.4, -0.2) is 31.4 Å². The fourth-order valence-electron chi connectivity index (χ4n) is 3.52. The van der Waals surface area contributed by atoms with Gasteiger partial charge in [0.1, 0.15) is 12.0 Å². The third-order valence-corrected chi connectivity index (χ3v) is 8.15. The highest BCUT2D eigenvalue weighted by atomic mass is 31.2. The highest BCUT2D eigenvalue weighted by Gasteiger charge is 2.44. The van der Waals surface area contributed by atoms with Crippen molar-refractivity contribution in [1.82, 2.24) is 0 Å². The van der Waals surface area contributed by atoms with E-state index in [2.05, 4.69) is 0 Å². The summed E-state index contributed by atoms with van der Waals surface area (Å²) in [4.78, 5) is 11.4. The van der Waals surface area contributed by atoms with Crippen molar-refractivity contribution < 1.29 is 18.6 Å². The van der Waals surface area contributed by atoms with Crippen molar-refractivity contribution in [2.24, 2.45) is 11.7 Å². The Hall–Kier alpha value is -1.16. The molecular weight excluding hydrogens is 325 g/mol. The number of nitrogens with two attached hydrogens (primary N) is 1. The van der Waals surface area contributed by atoms with Crippen LogP contribution in [0.15, 0.2) is 24.3 Å². The van der Waals surface area contributed by atoms with Gasteiger partial charge in [-0.2, -0.15) is 0 Å². The van der Waals surface area contributed by atoms with E-state index in [1.807, 2.05) is 31.2 Å². The number of hydrogen-bond donors (Lipinski definition) is 1. The Labute approximate surface area is 144 Å². The molecule has 0 spiro atoms. The van der Waals surface area contributed by atoms with Crippen molar-refractivity contribution in [3.05, 3.63) is 29.8 Å². The summed E-state index contributed by atoms with van der Waals surface area (Å²) in [6.45, 7) is 2.17. The quantitative estimate of drug-likeness (QED) is 0.571. The summed E-state index contributed by atoms with van der Waals surface area (Å²) < 4.78 is 24.5. The Kier molecular flexibility index (Phi) is 7.02. The van der Waals surface area contributed by atoms with Gasteiger partial charge in [-0.3, -0.25) is 4.57 Å². The molecule has 1 fully saturated rings. The lowest BCUT2D eigenvalue weighted by Crippen LogP contribution is -2.35. The first kappa shape index (κ1) is 19.2. The van der Waals surface area contributed by atoms with Crippen LogP contribution in [0.3, 0.4) is 0 Å². The number of ether oxygens (including phenoxy) is 1. The first-order valence-corrected chi connectivity index (χ1v) is 10.4. The summed E-state index contributed by atoms with van der Waals surface area (Å²) in [5, 5.41) is 0. The van der Waals surface area contributed by atoms with E-state index in [0.29, 0.717) is 13.0 Å². The lowest BCUT2D eigenvalue weighted by Gasteiger charge is -2.37. The average Bonchev–Trinajstić information content (AvgIpc) is 2.62.